The summed E-state index contributed by atoms with van der Waals surface area (Å²) in [5.74, 6) is 0.666. The lowest BCUT2D eigenvalue weighted by atomic mass is 9.93. The molecule has 0 fully saturated rings. The van der Waals surface area contributed by atoms with Crippen molar-refractivity contribution in [3.05, 3.63) is 213 Å². The molecule has 0 atom stereocenters. The van der Waals surface area contributed by atoms with Crippen molar-refractivity contribution in [1.82, 2.24) is 24.5 Å². The fourth-order valence-corrected chi connectivity index (χ4v) is 9.08. The zero-order valence-electron chi connectivity index (χ0n) is 32.9. The molecule has 0 saturated carbocycles. The Hall–Kier alpha value is -8.28. The molecule has 61 heavy (non-hydrogen) atoms. The monoisotopic (exact) mass is 777 g/mol. The van der Waals surface area contributed by atoms with Gasteiger partial charge in [0, 0.05) is 63.3 Å². The molecule has 5 heteroatoms. The van der Waals surface area contributed by atoms with Crippen LogP contribution in [-0.4, -0.2) is 24.5 Å². The standard InChI is InChI=1S/C56H35N5/c1-2-12-45-38(9-1)27-30-49-53(45)46-13-3-4-14-47(46)55-54(49)48-15-5-6-16-52(48)61(55)44-28-25-40(26-29-44)51-33-50(39-21-17-36(18-22-39)42-10-7-31-57-34-42)59-56(60-51)41-23-19-37(20-24-41)43-11-8-32-58-35-43/h1-35H. The summed E-state index contributed by atoms with van der Waals surface area (Å²) in [6, 6.07) is 66.9. The van der Waals surface area contributed by atoms with Gasteiger partial charge in [-0.25, -0.2) is 9.97 Å². The molecule has 0 aliphatic heterocycles. The number of nitrogens with zero attached hydrogens (tertiary/aromatic N) is 5. The Labute approximate surface area is 351 Å². The highest BCUT2D eigenvalue weighted by atomic mass is 15.0. The number of hydrogen-bond acceptors (Lipinski definition) is 4. The van der Waals surface area contributed by atoms with Gasteiger partial charge in [-0.3, -0.25) is 9.97 Å². The fourth-order valence-electron chi connectivity index (χ4n) is 9.08. The van der Waals surface area contributed by atoms with E-state index in [9.17, 15) is 0 Å². The second kappa shape index (κ2) is 14.2. The summed E-state index contributed by atoms with van der Waals surface area (Å²) in [7, 11) is 0. The van der Waals surface area contributed by atoms with Gasteiger partial charge in [0.2, 0.25) is 0 Å². The van der Waals surface area contributed by atoms with Crippen LogP contribution in [0.3, 0.4) is 0 Å². The Morgan fingerprint density at radius 2 is 0.885 bits per heavy atom. The van der Waals surface area contributed by atoms with Gasteiger partial charge in [-0.15, -0.1) is 0 Å². The quantitative estimate of drug-likeness (QED) is 0.158. The van der Waals surface area contributed by atoms with Gasteiger partial charge >= 0.3 is 0 Å². The molecule has 0 aliphatic carbocycles. The molecule has 0 N–H and O–H groups in total. The average molecular weight is 778 g/mol. The van der Waals surface area contributed by atoms with E-state index in [4.69, 9.17) is 9.97 Å². The molecule has 284 valence electrons. The zero-order valence-corrected chi connectivity index (χ0v) is 32.9. The van der Waals surface area contributed by atoms with Crippen molar-refractivity contribution in [3.8, 4) is 61.8 Å². The second-order valence-electron chi connectivity index (χ2n) is 15.5. The minimum atomic E-state index is 0.666. The molecule has 0 bridgehead atoms. The van der Waals surface area contributed by atoms with Gasteiger partial charge in [-0.2, -0.15) is 0 Å². The van der Waals surface area contributed by atoms with Crippen LogP contribution in [0, 0.1) is 0 Å². The van der Waals surface area contributed by atoms with Crippen LogP contribution in [0.4, 0.5) is 0 Å². The number of hydrogen-bond donors (Lipinski definition) is 0. The predicted octanol–water partition coefficient (Wildman–Crippen LogP) is 14.2. The maximum atomic E-state index is 5.22. The normalized spacial score (nSPS) is 11.6. The molecular formula is C56H35N5. The Morgan fingerprint density at radius 3 is 1.52 bits per heavy atom. The third-order valence-electron chi connectivity index (χ3n) is 12.0. The lowest BCUT2D eigenvalue weighted by molar-refractivity contribution is 1.17. The molecule has 4 aromatic heterocycles. The van der Waals surface area contributed by atoms with Crippen molar-refractivity contribution in [1.29, 1.82) is 0 Å². The molecule has 4 heterocycles. The highest BCUT2D eigenvalue weighted by Gasteiger charge is 2.20. The Kier molecular flexibility index (Phi) is 8.10. The van der Waals surface area contributed by atoms with E-state index in [-0.39, 0.29) is 0 Å². The zero-order chi connectivity index (χ0) is 40.3. The van der Waals surface area contributed by atoms with Gasteiger partial charge in [0.25, 0.3) is 0 Å². The number of benzene rings is 8. The van der Waals surface area contributed by atoms with Gasteiger partial charge in [0.05, 0.1) is 22.4 Å². The van der Waals surface area contributed by atoms with Crippen molar-refractivity contribution in [3.63, 3.8) is 0 Å². The molecular weight excluding hydrogens is 743 g/mol. The van der Waals surface area contributed by atoms with E-state index in [0.29, 0.717) is 5.82 Å². The summed E-state index contributed by atoms with van der Waals surface area (Å²) in [6.07, 6.45) is 7.36. The van der Waals surface area contributed by atoms with E-state index in [1.165, 1.54) is 54.1 Å². The van der Waals surface area contributed by atoms with E-state index < -0.39 is 0 Å². The predicted molar refractivity (Wildman–Crippen MR) is 252 cm³/mol. The number of aromatic nitrogens is 5. The van der Waals surface area contributed by atoms with Gasteiger partial charge in [-0.05, 0) is 85.6 Å². The average Bonchev–Trinajstić information content (AvgIpc) is 3.70. The minimum Gasteiger partial charge on any atom is -0.309 e. The number of pyridine rings is 2. The molecule has 0 unspecified atom stereocenters. The second-order valence-corrected chi connectivity index (χ2v) is 15.5. The molecule has 12 aromatic rings. The third-order valence-corrected chi connectivity index (χ3v) is 12.0. The molecule has 5 nitrogen and oxygen atoms in total. The molecule has 0 radical (unpaired) electrons. The molecule has 0 spiro atoms. The molecule has 0 aliphatic rings. The summed E-state index contributed by atoms with van der Waals surface area (Å²) >= 11 is 0. The summed E-state index contributed by atoms with van der Waals surface area (Å²) < 4.78 is 2.44. The summed E-state index contributed by atoms with van der Waals surface area (Å²) in [4.78, 5) is 19.0. The van der Waals surface area contributed by atoms with Gasteiger partial charge < -0.3 is 4.57 Å². The lowest BCUT2D eigenvalue weighted by Gasteiger charge is -2.14. The summed E-state index contributed by atoms with van der Waals surface area (Å²) in [5.41, 5.74) is 12.5. The van der Waals surface area contributed by atoms with Gasteiger partial charge in [0.1, 0.15) is 0 Å². The van der Waals surface area contributed by atoms with Crippen LogP contribution in [0.15, 0.2) is 213 Å². The Morgan fingerprint density at radius 1 is 0.344 bits per heavy atom. The molecule has 0 amide bonds. The Balaban J connectivity index is 1.01. The van der Waals surface area contributed by atoms with Crippen LogP contribution in [-0.2, 0) is 0 Å². The number of rotatable bonds is 6. The van der Waals surface area contributed by atoms with Crippen molar-refractivity contribution in [2.24, 2.45) is 0 Å². The SMILES string of the molecule is c1cncc(-c2ccc(-c3cc(-c4ccc(-n5c6ccccc6c6c7ccc8ccccc8c7c7ccccc7c65)cc4)nc(-c4ccc(-c5cccnc5)cc4)n3)cc2)c1. The first-order valence-corrected chi connectivity index (χ1v) is 20.5. The minimum absolute atomic E-state index is 0.666. The number of fused-ring (bicyclic) bond motifs is 10. The van der Waals surface area contributed by atoms with Crippen molar-refractivity contribution in [2.45, 2.75) is 0 Å². The van der Waals surface area contributed by atoms with Gasteiger partial charge in [0.15, 0.2) is 5.82 Å². The summed E-state index contributed by atoms with van der Waals surface area (Å²) in [6.45, 7) is 0. The van der Waals surface area contributed by atoms with Crippen LogP contribution in [0.1, 0.15) is 0 Å². The van der Waals surface area contributed by atoms with Crippen LogP contribution < -0.4 is 0 Å². The maximum Gasteiger partial charge on any atom is 0.160 e. The Bertz CT molecular complexity index is 3500. The van der Waals surface area contributed by atoms with Crippen LogP contribution >= 0.6 is 0 Å². The lowest BCUT2D eigenvalue weighted by Crippen LogP contribution is -1.97. The van der Waals surface area contributed by atoms with Gasteiger partial charge in [-0.1, -0.05) is 152 Å². The van der Waals surface area contributed by atoms with E-state index >= 15 is 0 Å². The smallest absolute Gasteiger partial charge is 0.160 e. The molecule has 0 saturated heterocycles. The first kappa shape index (κ1) is 34.7. The van der Waals surface area contributed by atoms with Crippen molar-refractivity contribution < 1.29 is 0 Å². The van der Waals surface area contributed by atoms with Crippen LogP contribution in [0.25, 0.3) is 116 Å². The molecule has 12 rings (SSSR count). The molecule has 8 aromatic carbocycles. The first-order chi connectivity index (χ1) is 30.2. The van der Waals surface area contributed by atoms with Crippen molar-refractivity contribution >= 4 is 54.1 Å². The van der Waals surface area contributed by atoms with E-state index in [2.05, 4.69) is 190 Å². The van der Waals surface area contributed by atoms with E-state index in [1.54, 1.807) is 12.4 Å². The van der Waals surface area contributed by atoms with Crippen molar-refractivity contribution in [2.75, 3.05) is 0 Å². The van der Waals surface area contributed by atoms with Crippen LogP contribution in [0.2, 0.25) is 0 Å². The fraction of sp³-hybridized carbons (Fsp3) is 0. The van der Waals surface area contributed by atoms with E-state index in [0.717, 1.165) is 56.0 Å². The highest BCUT2D eigenvalue weighted by molar-refractivity contribution is 6.36. The highest BCUT2D eigenvalue weighted by Crippen LogP contribution is 2.44. The van der Waals surface area contributed by atoms with E-state index in [1.807, 2.05) is 24.5 Å². The number of para-hydroxylation sites is 1. The maximum absolute atomic E-state index is 5.22. The summed E-state index contributed by atoms with van der Waals surface area (Å²) in [5, 5.41) is 10.1. The largest absolute Gasteiger partial charge is 0.309 e. The third kappa shape index (κ3) is 5.86. The topological polar surface area (TPSA) is 56.5 Å². The first-order valence-electron chi connectivity index (χ1n) is 20.5. The van der Waals surface area contributed by atoms with Crippen LogP contribution in [0.5, 0.6) is 0 Å².